The average Bonchev–Trinajstić information content (AvgIpc) is 2.45. The molecule has 2 aromatic carbocycles. The van der Waals surface area contributed by atoms with Gasteiger partial charge < -0.3 is 10.5 Å². The topological polar surface area (TPSA) is 59.0 Å². The lowest BCUT2D eigenvalue weighted by Crippen LogP contribution is -2.18. The molecule has 2 N–H and O–H groups in total. The van der Waals surface area contributed by atoms with Gasteiger partial charge in [-0.1, -0.05) is 42.0 Å². The molecule has 0 amide bonds. The lowest BCUT2D eigenvalue weighted by Gasteiger charge is -2.19. The van der Waals surface area contributed by atoms with Crippen LogP contribution in [0.4, 0.5) is 0 Å². The fourth-order valence-corrected chi connectivity index (χ4v) is 1.94. The van der Waals surface area contributed by atoms with Crippen LogP contribution in [0, 0.1) is 18.3 Å². The number of nitrogens with zero attached hydrogens (tertiary/aromatic N) is 1. The number of hydrogen-bond acceptors (Lipinski definition) is 3. The van der Waals surface area contributed by atoms with Gasteiger partial charge in [0.25, 0.3) is 0 Å². The molecule has 0 fully saturated rings. The van der Waals surface area contributed by atoms with Crippen molar-refractivity contribution in [2.45, 2.75) is 13.0 Å². The number of benzene rings is 2. The summed E-state index contributed by atoms with van der Waals surface area (Å²) in [5.41, 5.74) is 8.49. The minimum Gasteiger partial charge on any atom is -0.483 e. The molecule has 0 radical (unpaired) electrons. The second-order valence-corrected chi connectivity index (χ2v) is 4.36. The molecule has 0 saturated heterocycles. The van der Waals surface area contributed by atoms with Crippen molar-refractivity contribution >= 4 is 0 Å². The van der Waals surface area contributed by atoms with Gasteiger partial charge in [-0.05, 0) is 24.6 Å². The summed E-state index contributed by atoms with van der Waals surface area (Å²) >= 11 is 0. The highest BCUT2D eigenvalue weighted by Crippen LogP contribution is 2.24. The van der Waals surface area contributed by atoms with E-state index < -0.39 is 0 Å². The fourth-order valence-electron chi connectivity index (χ4n) is 1.94. The summed E-state index contributed by atoms with van der Waals surface area (Å²) < 4.78 is 5.88. The molecule has 0 aliphatic carbocycles. The molecule has 19 heavy (non-hydrogen) atoms. The molecule has 1 unspecified atom stereocenters. The summed E-state index contributed by atoms with van der Waals surface area (Å²) in [6, 6.07) is 17.3. The summed E-state index contributed by atoms with van der Waals surface area (Å²) in [6.07, 6.45) is -0.241. The standard InChI is InChI=1S/C16H16N2O/c1-12-5-4-7-13(9-12)16(11-18)19-15-8-3-2-6-14(15)10-17/h2-9,16H,11,18H2,1H3. The zero-order chi connectivity index (χ0) is 13.7. The van der Waals surface area contributed by atoms with Gasteiger partial charge in [0.05, 0.1) is 5.56 Å². The predicted octanol–water partition coefficient (Wildman–Crippen LogP) is 2.95. The molecule has 3 nitrogen and oxygen atoms in total. The summed E-state index contributed by atoms with van der Waals surface area (Å²) in [4.78, 5) is 0. The number of ether oxygens (including phenoxy) is 1. The number of aryl methyl sites for hydroxylation is 1. The SMILES string of the molecule is Cc1cccc(C(CN)Oc2ccccc2C#N)c1. The van der Waals surface area contributed by atoms with E-state index in [1.165, 1.54) is 0 Å². The summed E-state index contributed by atoms with van der Waals surface area (Å²) in [6.45, 7) is 2.39. The van der Waals surface area contributed by atoms with Gasteiger partial charge in [-0.15, -0.1) is 0 Å². The molecule has 0 saturated carbocycles. The van der Waals surface area contributed by atoms with E-state index in [2.05, 4.69) is 6.07 Å². The lowest BCUT2D eigenvalue weighted by molar-refractivity contribution is 0.213. The third-order valence-electron chi connectivity index (χ3n) is 2.90. The molecule has 0 spiro atoms. The van der Waals surface area contributed by atoms with Crippen LogP contribution in [-0.4, -0.2) is 6.54 Å². The molecule has 0 aromatic heterocycles. The Morgan fingerprint density at radius 1 is 1.21 bits per heavy atom. The van der Waals surface area contributed by atoms with Crippen LogP contribution in [-0.2, 0) is 0 Å². The maximum Gasteiger partial charge on any atom is 0.138 e. The van der Waals surface area contributed by atoms with Crippen molar-refractivity contribution in [3.8, 4) is 11.8 Å². The second kappa shape index (κ2) is 6.03. The van der Waals surface area contributed by atoms with Crippen LogP contribution in [0.1, 0.15) is 22.8 Å². The Kier molecular flexibility index (Phi) is 4.17. The zero-order valence-corrected chi connectivity index (χ0v) is 10.8. The maximum atomic E-state index is 9.06. The highest BCUT2D eigenvalue weighted by molar-refractivity contribution is 5.43. The Morgan fingerprint density at radius 2 is 2.00 bits per heavy atom. The van der Waals surface area contributed by atoms with Gasteiger partial charge in [-0.2, -0.15) is 5.26 Å². The first-order valence-corrected chi connectivity index (χ1v) is 6.17. The predicted molar refractivity (Wildman–Crippen MR) is 74.8 cm³/mol. The van der Waals surface area contributed by atoms with Gasteiger partial charge >= 0.3 is 0 Å². The van der Waals surface area contributed by atoms with E-state index in [0.29, 0.717) is 17.9 Å². The highest BCUT2D eigenvalue weighted by Gasteiger charge is 2.13. The van der Waals surface area contributed by atoms with Crippen LogP contribution in [0.5, 0.6) is 5.75 Å². The van der Waals surface area contributed by atoms with E-state index >= 15 is 0 Å². The Bertz CT molecular complexity index is 602. The van der Waals surface area contributed by atoms with Crippen LogP contribution in [0.15, 0.2) is 48.5 Å². The molecule has 3 heteroatoms. The van der Waals surface area contributed by atoms with Gasteiger partial charge in [0.1, 0.15) is 17.9 Å². The Labute approximate surface area is 113 Å². The van der Waals surface area contributed by atoms with Crippen LogP contribution >= 0.6 is 0 Å². The van der Waals surface area contributed by atoms with Crippen LogP contribution in [0.2, 0.25) is 0 Å². The summed E-state index contributed by atoms with van der Waals surface area (Å²) in [5, 5.41) is 9.06. The maximum absolute atomic E-state index is 9.06. The van der Waals surface area contributed by atoms with E-state index in [0.717, 1.165) is 11.1 Å². The van der Waals surface area contributed by atoms with Crippen molar-refractivity contribution in [1.82, 2.24) is 0 Å². The van der Waals surface area contributed by atoms with Crippen LogP contribution < -0.4 is 10.5 Å². The fraction of sp³-hybridized carbons (Fsp3) is 0.188. The molecule has 2 rings (SSSR count). The number of nitrogens with two attached hydrogens (primary N) is 1. The van der Waals surface area contributed by atoms with Crippen molar-refractivity contribution in [2.24, 2.45) is 5.73 Å². The van der Waals surface area contributed by atoms with E-state index in [-0.39, 0.29) is 6.10 Å². The molecule has 96 valence electrons. The first-order valence-electron chi connectivity index (χ1n) is 6.17. The van der Waals surface area contributed by atoms with Gasteiger partial charge in [0, 0.05) is 6.54 Å². The van der Waals surface area contributed by atoms with Crippen molar-refractivity contribution in [3.63, 3.8) is 0 Å². The Balaban J connectivity index is 2.27. The number of para-hydroxylation sites is 1. The summed E-state index contributed by atoms with van der Waals surface area (Å²) in [5.74, 6) is 0.571. The molecule has 0 aliphatic heterocycles. The van der Waals surface area contributed by atoms with E-state index in [9.17, 15) is 0 Å². The van der Waals surface area contributed by atoms with Gasteiger partial charge in [0.15, 0.2) is 0 Å². The monoisotopic (exact) mass is 252 g/mol. The Morgan fingerprint density at radius 3 is 2.68 bits per heavy atom. The van der Waals surface area contributed by atoms with Crippen molar-refractivity contribution < 1.29 is 4.74 Å². The minimum absolute atomic E-state index is 0.241. The van der Waals surface area contributed by atoms with Gasteiger partial charge in [-0.3, -0.25) is 0 Å². The Hall–Kier alpha value is -2.31. The van der Waals surface area contributed by atoms with Gasteiger partial charge in [0.2, 0.25) is 0 Å². The summed E-state index contributed by atoms with van der Waals surface area (Å²) in [7, 11) is 0. The number of nitriles is 1. The largest absolute Gasteiger partial charge is 0.483 e. The molecule has 2 aromatic rings. The highest BCUT2D eigenvalue weighted by atomic mass is 16.5. The molecule has 0 aliphatic rings. The molecular weight excluding hydrogens is 236 g/mol. The first-order chi connectivity index (χ1) is 9.24. The smallest absolute Gasteiger partial charge is 0.138 e. The molecule has 1 atom stereocenters. The van der Waals surface area contributed by atoms with E-state index in [1.807, 2.05) is 43.3 Å². The normalized spacial score (nSPS) is 11.6. The zero-order valence-electron chi connectivity index (χ0n) is 10.8. The molecule has 0 heterocycles. The molecule has 0 bridgehead atoms. The third-order valence-corrected chi connectivity index (χ3v) is 2.90. The quantitative estimate of drug-likeness (QED) is 0.910. The van der Waals surface area contributed by atoms with Gasteiger partial charge in [-0.25, -0.2) is 0 Å². The van der Waals surface area contributed by atoms with Crippen molar-refractivity contribution in [3.05, 3.63) is 65.2 Å². The molecular formula is C16H16N2O. The number of rotatable bonds is 4. The van der Waals surface area contributed by atoms with Crippen LogP contribution in [0.25, 0.3) is 0 Å². The van der Waals surface area contributed by atoms with Crippen LogP contribution in [0.3, 0.4) is 0 Å². The first kappa shape index (κ1) is 13.1. The number of hydrogen-bond donors (Lipinski definition) is 1. The minimum atomic E-state index is -0.241. The van der Waals surface area contributed by atoms with E-state index in [4.69, 9.17) is 15.7 Å². The van der Waals surface area contributed by atoms with Crippen molar-refractivity contribution in [2.75, 3.05) is 6.54 Å². The van der Waals surface area contributed by atoms with Crippen molar-refractivity contribution in [1.29, 1.82) is 5.26 Å². The average molecular weight is 252 g/mol. The third kappa shape index (κ3) is 3.12. The second-order valence-electron chi connectivity index (χ2n) is 4.36. The van der Waals surface area contributed by atoms with E-state index in [1.54, 1.807) is 12.1 Å². The lowest BCUT2D eigenvalue weighted by atomic mass is 10.1.